The lowest BCUT2D eigenvalue weighted by Gasteiger charge is -2.35. The van der Waals surface area contributed by atoms with Crippen molar-refractivity contribution in [2.75, 3.05) is 30.8 Å². The normalized spacial score (nSPS) is 18.9. The van der Waals surface area contributed by atoms with Crippen molar-refractivity contribution in [2.24, 2.45) is 5.92 Å². The van der Waals surface area contributed by atoms with Gasteiger partial charge in [-0.25, -0.2) is 4.98 Å². The molecule has 100 valence electrons. The van der Waals surface area contributed by atoms with E-state index in [2.05, 4.69) is 23.7 Å². The minimum atomic E-state index is 0.354. The van der Waals surface area contributed by atoms with Crippen molar-refractivity contribution >= 4 is 11.5 Å². The summed E-state index contributed by atoms with van der Waals surface area (Å²) in [6.07, 6.45) is 4.43. The Balaban J connectivity index is 2.01. The molecule has 1 aliphatic heterocycles. The Hall–Kier alpha value is -1.29. The molecular formula is C14H23N3O. The summed E-state index contributed by atoms with van der Waals surface area (Å²) in [5.41, 5.74) is 7.64. The Morgan fingerprint density at radius 3 is 2.67 bits per heavy atom. The molecule has 0 aromatic carbocycles. The van der Waals surface area contributed by atoms with Crippen LogP contribution in [-0.2, 0) is 4.74 Å². The van der Waals surface area contributed by atoms with E-state index in [4.69, 9.17) is 10.5 Å². The zero-order valence-electron chi connectivity index (χ0n) is 11.5. The summed E-state index contributed by atoms with van der Waals surface area (Å²) >= 11 is 0. The van der Waals surface area contributed by atoms with Crippen LogP contribution in [0, 0.1) is 12.8 Å². The number of anilines is 2. The van der Waals surface area contributed by atoms with Gasteiger partial charge in [0.05, 0.1) is 18.0 Å². The number of hydrogen-bond donors (Lipinski definition) is 1. The topological polar surface area (TPSA) is 51.4 Å². The van der Waals surface area contributed by atoms with E-state index in [0.717, 1.165) is 30.2 Å². The number of pyridine rings is 1. The summed E-state index contributed by atoms with van der Waals surface area (Å²) in [6, 6.07) is 1.99. The van der Waals surface area contributed by atoms with E-state index in [1.165, 1.54) is 12.8 Å². The quantitative estimate of drug-likeness (QED) is 0.892. The van der Waals surface area contributed by atoms with E-state index >= 15 is 0 Å². The van der Waals surface area contributed by atoms with Crippen molar-refractivity contribution in [1.82, 2.24) is 4.98 Å². The third-order valence-electron chi connectivity index (χ3n) is 3.95. The van der Waals surface area contributed by atoms with E-state index in [1.807, 2.05) is 6.07 Å². The monoisotopic (exact) mass is 249 g/mol. The minimum absolute atomic E-state index is 0.354. The second-order valence-electron chi connectivity index (χ2n) is 5.17. The number of rotatable bonds is 3. The van der Waals surface area contributed by atoms with Gasteiger partial charge in [0, 0.05) is 20.2 Å². The number of nitrogens with zero attached hydrogens (tertiary/aromatic N) is 2. The Morgan fingerprint density at radius 2 is 2.11 bits per heavy atom. The van der Waals surface area contributed by atoms with Crippen molar-refractivity contribution in [2.45, 2.75) is 32.8 Å². The molecule has 4 nitrogen and oxygen atoms in total. The standard InChI is InChI=1S/C14H23N3O/c1-10-8-13(15)9-16-14(10)17-6-4-12(5-7-17)11(2)18-3/h8-9,11-12H,4-7,15H2,1-3H3/t11-/m1/s1. The first-order valence-corrected chi connectivity index (χ1v) is 6.61. The number of methoxy groups -OCH3 is 1. The molecular weight excluding hydrogens is 226 g/mol. The van der Waals surface area contributed by atoms with Crippen LogP contribution in [0.1, 0.15) is 25.3 Å². The number of nitrogen functional groups attached to an aromatic ring is 1. The second kappa shape index (κ2) is 5.57. The molecule has 1 saturated heterocycles. The second-order valence-corrected chi connectivity index (χ2v) is 5.17. The van der Waals surface area contributed by atoms with Crippen LogP contribution in [-0.4, -0.2) is 31.3 Å². The van der Waals surface area contributed by atoms with Crippen LogP contribution in [0.2, 0.25) is 0 Å². The fourth-order valence-corrected chi connectivity index (χ4v) is 2.69. The molecule has 0 bridgehead atoms. The fraction of sp³-hybridized carbons (Fsp3) is 0.643. The predicted octanol–water partition coefficient (Wildman–Crippen LogP) is 2.22. The molecule has 0 unspecified atom stereocenters. The van der Waals surface area contributed by atoms with Crippen LogP contribution in [0.25, 0.3) is 0 Å². The summed E-state index contributed by atoms with van der Waals surface area (Å²) in [5.74, 6) is 1.74. The summed E-state index contributed by atoms with van der Waals surface area (Å²) in [6.45, 7) is 6.34. The SMILES string of the molecule is CO[C@H](C)C1CCN(c2ncc(N)cc2C)CC1. The average molecular weight is 249 g/mol. The average Bonchev–Trinajstić information content (AvgIpc) is 2.38. The van der Waals surface area contributed by atoms with Crippen LogP contribution in [0.15, 0.2) is 12.3 Å². The highest BCUT2D eigenvalue weighted by Crippen LogP contribution is 2.27. The van der Waals surface area contributed by atoms with E-state index in [-0.39, 0.29) is 0 Å². The Bertz CT molecular complexity index is 400. The van der Waals surface area contributed by atoms with E-state index < -0.39 is 0 Å². The van der Waals surface area contributed by atoms with Crippen molar-refractivity contribution < 1.29 is 4.74 Å². The van der Waals surface area contributed by atoms with E-state index in [1.54, 1.807) is 13.3 Å². The number of hydrogen-bond acceptors (Lipinski definition) is 4. The molecule has 2 heterocycles. The lowest BCUT2D eigenvalue weighted by Crippen LogP contribution is -2.38. The Kier molecular flexibility index (Phi) is 4.07. The van der Waals surface area contributed by atoms with Gasteiger partial charge in [-0.15, -0.1) is 0 Å². The highest BCUT2D eigenvalue weighted by atomic mass is 16.5. The number of aromatic nitrogens is 1. The van der Waals surface area contributed by atoms with E-state index in [0.29, 0.717) is 12.0 Å². The molecule has 0 amide bonds. The lowest BCUT2D eigenvalue weighted by atomic mass is 9.92. The molecule has 0 radical (unpaired) electrons. The molecule has 1 fully saturated rings. The van der Waals surface area contributed by atoms with Crippen LogP contribution >= 0.6 is 0 Å². The molecule has 1 atom stereocenters. The number of ether oxygens (including phenoxy) is 1. The number of piperidine rings is 1. The number of nitrogens with two attached hydrogens (primary N) is 1. The van der Waals surface area contributed by atoms with Gasteiger partial charge >= 0.3 is 0 Å². The minimum Gasteiger partial charge on any atom is -0.397 e. The van der Waals surface area contributed by atoms with Crippen LogP contribution in [0.3, 0.4) is 0 Å². The van der Waals surface area contributed by atoms with Gasteiger partial charge in [-0.05, 0) is 44.2 Å². The van der Waals surface area contributed by atoms with E-state index in [9.17, 15) is 0 Å². The molecule has 0 saturated carbocycles. The third-order valence-corrected chi connectivity index (χ3v) is 3.95. The molecule has 1 aromatic heterocycles. The maximum Gasteiger partial charge on any atom is 0.131 e. The summed E-state index contributed by atoms with van der Waals surface area (Å²) in [7, 11) is 1.79. The first-order valence-electron chi connectivity index (χ1n) is 6.61. The van der Waals surface area contributed by atoms with Crippen molar-refractivity contribution in [1.29, 1.82) is 0 Å². The van der Waals surface area contributed by atoms with Crippen molar-refractivity contribution in [3.8, 4) is 0 Å². The molecule has 4 heteroatoms. The van der Waals surface area contributed by atoms with Gasteiger partial charge in [-0.3, -0.25) is 0 Å². The molecule has 1 aromatic rings. The molecule has 1 aliphatic rings. The molecule has 2 N–H and O–H groups in total. The van der Waals surface area contributed by atoms with Gasteiger partial charge in [-0.1, -0.05) is 0 Å². The summed E-state index contributed by atoms with van der Waals surface area (Å²) < 4.78 is 5.42. The van der Waals surface area contributed by atoms with Gasteiger partial charge in [0.2, 0.25) is 0 Å². The Morgan fingerprint density at radius 1 is 1.44 bits per heavy atom. The van der Waals surface area contributed by atoms with Crippen LogP contribution in [0.4, 0.5) is 11.5 Å². The largest absolute Gasteiger partial charge is 0.397 e. The molecule has 0 spiro atoms. The zero-order valence-corrected chi connectivity index (χ0v) is 11.5. The van der Waals surface area contributed by atoms with Crippen molar-refractivity contribution in [3.05, 3.63) is 17.8 Å². The smallest absolute Gasteiger partial charge is 0.131 e. The lowest BCUT2D eigenvalue weighted by molar-refractivity contribution is 0.0564. The van der Waals surface area contributed by atoms with Gasteiger partial charge in [0.25, 0.3) is 0 Å². The fourth-order valence-electron chi connectivity index (χ4n) is 2.69. The predicted molar refractivity (Wildman–Crippen MR) is 74.8 cm³/mol. The first-order chi connectivity index (χ1) is 8.61. The van der Waals surface area contributed by atoms with Gasteiger partial charge in [0.1, 0.15) is 5.82 Å². The highest BCUT2D eigenvalue weighted by molar-refractivity contribution is 5.52. The maximum atomic E-state index is 5.74. The first kappa shape index (κ1) is 13.1. The molecule has 0 aliphatic carbocycles. The molecule has 2 rings (SSSR count). The summed E-state index contributed by atoms with van der Waals surface area (Å²) in [4.78, 5) is 6.82. The van der Waals surface area contributed by atoms with Gasteiger partial charge in [0.15, 0.2) is 0 Å². The van der Waals surface area contributed by atoms with Crippen LogP contribution in [0.5, 0.6) is 0 Å². The van der Waals surface area contributed by atoms with Gasteiger partial charge in [-0.2, -0.15) is 0 Å². The van der Waals surface area contributed by atoms with Crippen molar-refractivity contribution in [3.63, 3.8) is 0 Å². The van der Waals surface area contributed by atoms with Crippen LogP contribution < -0.4 is 10.6 Å². The maximum absolute atomic E-state index is 5.74. The number of aryl methyl sites for hydroxylation is 1. The van der Waals surface area contributed by atoms with Gasteiger partial charge < -0.3 is 15.4 Å². The zero-order chi connectivity index (χ0) is 13.1. The highest BCUT2D eigenvalue weighted by Gasteiger charge is 2.24. The Labute approximate surface area is 109 Å². The third kappa shape index (κ3) is 2.75. The summed E-state index contributed by atoms with van der Waals surface area (Å²) in [5, 5.41) is 0. The molecule has 18 heavy (non-hydrogen) atoms.